The number of hydrogen-bond donors (Lipinski definition) is 1. The second-order valence-electron chi connectivity index (χ2n) is 7.74. The Labute approximate surface area is 189 Å². The van der Waals surface area contributed by atoms with Gasteiger partial charge in [-0.25, -0.2) is 9.69 Å². The van der Waals surface area contributed by atoms with Crippen molar-refractivity contribution in [2.24, 2.45) is 0 Å². The number of carboxylic acids is 1. The number of carboxylic acid groups (broad SMARTS) is 1. The minimum Gasteiger partial charge on any atom is -0.545 e. The third-order valence-electron chi connectivity index (χ3n) is 5.57. The van der Waals surface area contributed by atoms with Gasteiger partial charge in [-0.3, -0.25) is 14.9 Å². The van der Waals surface area contributed by atoms with Crippen LogP contribution in [0.25, 0.3) is 11.8 Å². The molecule has 1 fully saturated rings. The van der Waals surface area contributed by atoms with Crippen LogP contribution in [0.15, 0.2) is 60.2 Å². The molecule has 1 saturated heterocycles. The van der Waals surface area contributed by atoms with Gasteiger partial charge in [0.25, 0.3) is 11.8 Å². The molecule has 166 valence electrons. The van der Waals surface area contributed by atoms with Crippen LogP contribution in [0.4, 0.5) is 10.5 Å². The van der Waals surface area contributed by atoms with E-state index in [4.69, 9.17) is 0 Å². The van der Waals surface area contributed by atoms with Crippen LogP contribution in [-0.2, 0) is 9.59 Å². The predicted octanol–water partition coefficient (Wildman–Crippen LogP) is 2.43. The summed E-state index contributed by atoms with van der Waals surface area (Å²) in [6.45, 7) is 5.39. The number of imide groups is 2. The van der Waals surface area contributed by atoms with Gasteiger partial charge in [0.05, 0.1) is 11.7 Å². The average molecular weight is 442 g/mol. The molecular weight excluding hydrogens is 422 g/mol. The summed E-state index contributed by atoms with van der Waals surface area (Å²) in [5.74, 6) is -2.78. The Kier molecular flexibility index (Phi) is 5.43. The maximum atomic E-state index is 13.2. The van der Waals surface area contributed by atoms with E-state index in [-0.39, 0.29) is 11.1 Å². The smallest absolute Gasteiger partial charge is 0.335 e. The van der Waals surface area contributed by atoms with Crippen LogP contribution in [0, 0.1) is 20.8 Å². The van der Waals surface area contributed by atoms with Crippen molar-refractivity contribution in [3.05, 3.63) is 88.2 Å². The van der Waals surface area contributed by atoms with Gasteiger partial charge in [-0.1, -0.05) is 30.3 Å². The number of nitrogens with zero attached hydrogens (tertiary/aromatic N) is 2. The largest absolute Gasteiger partial charge is 0.545 e. The SMILES string of the molecule is Cc1ccccc1N1C(=O)NC(=O)/C(=C\c2cc(C)n(-c3cccc(C(=O)[O-])c3)c2C)C1=O. The van der Waals surface area contributed by atoms with Gasteiger partial charge in [-0.2, -0.15) is 0 Å². The summed E-state index contributed by atoms with van der Waals surface area (Å²) in [5, 5.41) is 13.5. The van der Waals surface area contributed by atoms with Crippen LogP contribution >= 0.6 is 0 Å². The van der Waals surface area contributed by atoms with E-state index >= 15 is 0 Å². The zero-order valence-electron chi connectivity index (χ0n) is 18.2. The van der Waals surface area contributed by atoms with Gasteiger partial charge in [-0.15, -0.1) is 0 Å². The van der Waals surface area contributed by atoms with Crippen molar-refractivity contribution in [2.75, 3.05) is 4.90 Å². The van der Waals surface area contributed by atoms with Crippen molar-refractivity contribution in [3.63, 3.8) is 0 Å². The first kappa shape index (κ1) is 21.8. The van der Waals surface area contributed by atoms with Gasteiger partial charge < -0.3 is 14.5 Å². The van der Waals surface area contributed by atoms with Gasteiger partial charge in [0.15, 0.2) is 0 Å². The molecule has 33 heavy (non-hydrogen) atoms. The van der Waals surface area contributed by atoms with Crippen molar-refractivity contribution < 1.29 is 24.3 Å². The first-order chi connectivity index (χ1) is 15.7. The Bertz CT molecular complexity index is 1370. The lowest BCUT2D eigenvalue weighted by molar-refractivity contribution is -0.255. The Hall–Kier alpha value is -4.46. The van der Waals surface area contributed by atoms with Crippen LogP contribution in [0.3, 0.4) is 0 Å². The monoisotopic (exact) mass is 442 g/mol. The van der Waals surface area contributed by atoms with Gasteiger partial charge in [0, 0.05) is 17.1 Å². The molecule has 1 N–H and O–H groups in total. The fraction of sp³-hybridized carbons (Fsp3) is 0.120. The highest BCUT2D eigenvalue weighted by atomic mass is 16.4. The summed E-state index contributed by atoms with van der Waals surface area (Å²) in [7, 11) is 0. The molecule has 0 saturated carbocycles. The third-order valence-corrected chi connectivity index (χ3v) is 5.57. The molecule has 1 aromatic heterocycles. The third kappa shape index (κ3) is 3.82. The lowest BCUT2D eigenvalue weighted by Crippen LogP contribution is -2.54. The number of anilines is 1. The first-order valence-electron chi connectivity index (χ1n) is 10.2. The average Bonchev–Trinajstić information content (AvgIpc) is 3.05. The molecule has 8 heteroatoms. The van der Waals surface area contributed by atoms with Crippen LogP contribution in [-0.4, -0.2) is 28.4 Å². The van der Waals surface area contributed by atoms with Crippen molar-refractivity contribution in [1.82, 2.24) is 9.88 Å². The van der Waals surface area contributed by atoms with E-state index in [1.807, 2.05) is 11.5 Å². The van der Waals surface area contributed by atoms with E-state index in [1.165, 1.54) is 18.2 Å². The molecule has 3 aromatic rings. The summed E-state index contributed by atoms with van der Waals surface area (Å²) in [4.78, 5) is 50.4. The van der Waals surface area contributed by atoms with E-state index in [9.17, 15) is 24.3 Å². The fourth-order valence-electron chi connectivity index (χ4n) is 3.95. The molecular formula is C25H20N3O5-. The number of aromatic carboxylic acids is 1. The number of aryl methyl sites for hydroxylation is 2. The molecule has 0 aliphatic carbocycles. The highest BCUT2D eigenvalue weighted by Crippen LogP contribution is 2.27. The summed E-state index contributed by atoms with van der Waals surface area (Å²) in [5.41, 5.74) is 3.61. The minimum absolute atomic E-state index is 0.0362. The van der Waals surface area contributed by atoms with Crippen LogP contribution in [0.1, 0.15) is 32.9 Å². The normalized spacial score (nSPS) is 15.2. The number of nitrogens with one attached hydrogen (secondary N) is 1. The molecule has 0 spiro atoms. The summed E-state index contributed by atoms with van der Waals surface area (Å²) in [6, 6.07) is 14.2. The van der Waals surface area contributed by atoms with Gasteiger partial charge in [0.2, 0.25) is 0 Å². The Morgan fingerprint density at radius 1 is 0.970 bits per heavy atom. The predicted molar refractivity (Wildman–Crippen MR) is 120 cm³/mol. The lowest BCUT2D eigenvalue weighted by atomic mass is 10.1. The van der Waals surface area contributed by atoms with Crippen LogP contribution in [0.2, 0.25) is 0 Å². The number of carbonyl (C=O) groups excluding carboxylic acids is 4. The molecule has 1 aliphatic rings. The topological polar surface area (TPSA) is 112 Å². The molecule has 0 atom stereocenters. The second-order valence-corrected chi connectivity index (χ2v) is 7.74. The zero-order chi connectivity index (χ0) is 23.9. The fourth-order valence-corrected chi connectivity index (χ4v) is 3.95. The number of benzene rings is 2. The number of barbiturate groups is 1. The first-order valence-corrected chi connectivity index (χ1v) is 10.2. The van der Waals surface area contributed by atoms with Gasteiger partial charge in [-0.05, 0) is 67.8 Å². The summed E-state index contributed by atoms with van der Waals surface area (Å²) >= 11 is 0. The summed E-state index contributed by atoms with van der Waals surface area (Å²) in [6.07, 6.45) is 1.44. The van der Waals surface area contributed by atoms with Crippen molar-refractivity contribution in [2.45, 2.75) is 20.8 Å². The molecule has 2 heterocycles. The molecule has 4 amide bonds. The highest BCUT2D eigenvalue weighted by molar-refractivity contribution is 6.39. The number of rotatable bonds is 4. The molecule has 2 aromatic carbocycles. The van der Waals surface area contributed by atoms with Gasteiger partial charge >= 0.3 is 6.03 Å². The van der Waals surface area contributed by atoms with E-state index in [0.29, 0.717) is 28.2 Å². The maximum absolute atomic E-state index is 13.2. The van der Waals surface area contributed by atoms with Crippen molar-refractivity contribution in [3.8, 4) is 5.69 Å². The maximum Gasteiger partial charge on any atom is 0.335 e. The highest BCUT2D eigenvalue weighted by Gasteiger charge is 2.37. The Morgan fingerprint density at radius 2 is 1.70 bits per heavy atom. The number of carbonyl (C=O) groups is 4. The molecule has 0 bridgehead atoms. The standard InChI is InChI=1S/C25H21N3O5/c1-14-7-4-5-10-21(14)28-23(30)20(22(29)26-25(28)33)13-18-11-15(2)27(16(18)3)19-9-6-8-17(12-19)24(31)32/h4-13H,1-3H3,(H,31,32)(H,26,29,33)/p-1/b20-13+. The zero-order valence-corrected chi connectivity index (χ0v) is 18.2. The molecule has 8 nitrogen and oxygen atoms in total. The Morgan fingerprint density at radius 3 is 2.39 bits per heavy atom. The number of aromatic nitrogens is 1. The van der Waals surface area contributed by atoms with Crippen LogP contribution in [0.5, 0.6) is 0 Å². The number of amides is 4. The molecule has 0 radical (unpaired) electrons. The molecule has 0 unspecified atom stereocenters. The second kappa shape index (κ2) is 8.23. The lowest BCUT2D eigenvalue weighted by Gasteiger charge is -2.27. The minimum atomic E-state index is -1.29. The number of urea groups is 1. The van der Waals surface area contributed by atoms with Gasteiger partial charge in [0.1, 0.15) is 5.57 Å². The van der Waals surface area contributed by atoms with E-state index in [1.54, 1.807) is 56.3 Å². The van der Waals surface area contributed by atoms with E-state index < -0.39 is 23.8 Å². The number of hydrogen-bond acceptors (Lipinski definition) is 5. The van der Waals surface area contributed by atoms with Crippen LogP contribution < -0.4 is 15.3 Å². The Balaban J connectivity index is 1.78. The van der Waals surface area contributed by atoms with E-state index in [2.05, 4.69) is 5.32 Å². The number of para-hydroxylation sites is 1. The molecule has 4 rings (SSSR count). The van der Waals surface area contributed by atoms with E-state index in [0.717, 1.165) is 10.6 Å². The molecule has 1 aliphatic heterocycles. The summed E-state index contributed by atoms with van der Waals surface area (Å²) < 4.78 is 1.81. The van der Waals surface area contributed by atoms with Crippen molar-refractivity contribution >= 4 is 35.6 Å². The quantitative estimate of drug-likeness (QED) is 0.493. The van der Waals surface area contributed by atoms with Crippen molar-refractivity contribution in [1.29, 1.82) is 0 Å².